The van der Waals surface area contributed by atoms with E-state index < -0.39 is 11.6 Å². The predicted octanol–water partition coefficient (Wildman–Crippen LogP) is 2.78. The summed E-state index contributed by atoms with van der Waals surface area (Å²) in [6.07, 6.45) is 1.02. The highest BCUT2D eigenvalue weighted by atomic mass is 19.1. The zero-order chi connectivity index (χ0) is 14.1. The Kier molecular flexibility index (Phi) is 2.86. The summed E-state index contributed by atoms with van der Waals surface area (Å²) in [5, 5.41) is 13.3. The maximum absolute atomic E-state index is 13.2. The molecule has 0 aliphatic heterocycles. The van der Waals surface area contributed by atoms with Gasteiger partial charge in [0.15, 0.2) is 0 Å². The number of hydrogen-bond donors (Lipinski definition) is 1. The molecule has 0 aliphatic rings. The van der Waals surface area contributed by atoms with Crippen LogP contribution in [0.2, 0.25) is 0 Å². The normalized spacial score (nSPS) is 10.7. The number of nitrogens with zero attached hydrogens (tertiary/aromatic N) is 3. The highest BCUT2D eigenvalue weighted by molar-refractivity contribution is 5.63. The third kappa shape index (κ3) is 2.20. The summed E-state index contributed by atoms with van der Waals surface area (Å²) in [6, 6.07) is 5.96. The summed E-state index contributed by atoms with van der Waals surface area (Å²) in [5.41, 5.74) is 0.378. The molecule has 0 spiro atoms. The maximum Gasteiger partial charge on any atom is 0.262 e. The van der Waals surface area contributed by atoms with Crippen LogP contribution in [0.15, 0.2) is 41.1 Å². The number of phenols is 1. The van der Waals surface area contributed by atoms with Crippen molar-refractivity contribution in [2.75, 3.05) is 0 Å². The Morgan fingerprint density at radius 1 is 1.05 bits per heavy atom. The van der Waals surface area contributed by atoms with Crippen LogP contribution in [-0.4, -0.2) is 20.2 Å². The lowest BCUT2D eigenvalue weighted by Gasteiger charge is -1.98. The van der Waals surface area contributed by atoms with Gasteiger partial charge in [0.1, 0.15) is 23.1 Å². The third-order valence-corrected chi connectivity index (χ3v) is 2.57. The van der Waals surface area contributed by atoms with Crippen molar-refractivity contribution in [3.8, 4) is 28.7 Å². The number of rotatable bonds is 2. The molecule has 2 aromatic heterocycles. The van der Waals surface area contributed by atoms with Gasteiger partial charge in [0.25, 0.3) is 5.89 Å². The number of phenolic OH excluding ortho intramolecular Hbond substituents is 1. The van der Waals surface area contributed by atoms with E-state index in [0.717, 1.165) is 18.3 Å². The van der Waals surface area contributed by atoms with Gasteiger partial charge in [-0.15, -0.1) is 0 Å². The lowest BCUT2D eigenvalue weighted by atomic mass is 10.2. The molecule has 3 aromatic rings. The molecule has 0 bridgehead atoms. The Morgan fingerprint density at radius 3 is 2.60 bits per heavy atom. The summed E-state index contributed by atoms with van der Waals surface area (Å²) in [5.74, 6) is -1.15. The Morgan fingerprint density at radius 2 is 1.85 bits per heavy atom. The monoisotopic (exact) mass is 275 g/mol. The van der Waals surface area contributed by atoms with Crippen LogP contribution in [0.3, 0.4) is 0 Å². The zero-order valence-electron chi connectivity index (χ0n) is 9.92. The minimum absolute atomic E-state index is 0.0527. The number of hydrogen-bond acceptors (Lipinski definition) is 5. The number of aromatic nitrogens is 3. The molecule has 1 N–H and O–H groups in total. The molecule has 0 fully saturated rings. The Hall–Kier alpha value is -2.83. The van der Waals surface area contributed by atoms with Crippen LogP contribution in [0.4, 0.5) is 8.78 Å². The summed E-state index contributed by atoms with van der Waals surface area (Å²) in [6.45, 7) is 0. The van der Waals surface area contributed by atoms with Gasteiger partial charge in [-0.1, -0.05) is 5.16 Å². The highest BCUT2D eigenvalue weighted by Crippen LogP contribution is 2.29. The molecule has 3 rings (SSSR count). The van der Waals surface area contributed by atoms with Crippen molar-refractivity contribution in [2.24, 2.45) is 0 Å². The Bertz CT molecular complexity index is 757. The first kappa shape index (κ1) is 12.2. The molecule has 2 heterocycles. The van der Waals surface area contributed by atoms with E-state index in [4.69, 9.17) is 4.52 Å². The zero-order valence-corrected chi connectivity index (χ0v) is 9.92. The average molecular weight is 275 g/mol. The summed E-state index contributed by atoms with van der Waals surface area (Å²) in [7, 11) is 0. The molecule has 20 heavy (non-hydrogen) atoms. The SMILES string of the molecule is Oc1ccc(F)cc1-c1nc(-c2ccc(F)cn2)no1. The predicted molar refractivity (Wildman–Crippen MR) is 64.5 cm³/mol. The van der Waals surface area contributed by atoms with Gasteiger partial charge in [0.05, 0.1) is 11.8 Å². The molecule has 0 amide bonds. The minimum Gasteiger partial charge on any atom is -0.507 e. The summed E-state index contributed by atoms with van der Waals surface area (Å²) >= 11 is 0. The van der Waals surface area contributed by atoms with Crippen molar-refractivity contribution in [2.45, 2.75) is 0 Å². The summed E-state index contributed by atoms with van der Waals surface area (Å²) < 4.78 is 30.9. The van der Waals surface area contributed by atoms with E-state index in [1.54, 1.807) is 0 Å². The van der Waals surface area contributed by atoms with E-state index in [1.807, 2.05) is 0 Å². The second-order valence-electron chi connectivity index (χ2n) is 3.95. The van der Waals surface area contributed by atoms with Crippen molar-refractivity contribution in [1.82, 2.24) is 15.1 Å². The van der Waals surface area contributed by atoms with Crippen molar-refractivity contribution < 1.29 is 18.4 Å². The lowest BCUT2D eigenvalue weighted by Crippen LogP contribution is -1.87. The van der Waals surface area contributed by atoms with Crippen LogP contribution in [0.5, 0.6) is 5.75 Å². The molecule has 100 valence electrons. The maximum atomic E-state index is 13.2. The van der Waals surface area contributed by atoms with Crippen molar-refractivity contribution >= 4 is 0 Å². The number of pyridine rings is 1. The minimum atomic E-state index is -0.544. The first-order chi connectivity index (χ1) is 9.63. The van der Waals surface area contributed by atoms with Crippen LogP contribution in [0.1, 0.15) is 0 Å². The van der Waals surface area contributed by atoms with Crippen molar-refractivity contribution in [3.05, 3.63) is 48.2 Å². The van der Waals surface area contributed by atoms with Crippen LogP contribution in [-0.2, 0) is 0 Å². The van der Waals surface area contributed by atoms with Crippen LogP contribution < -0.4 is 0 Å². The second-order valence-corrected chi connectivity index (χ2v) is 3.95. The first-order valence-electron chi connectivity index (χ1n) is 5.58. The van der Waals surface area contributed by atoms with Gasteiger partial charge in [0.2, 0.25) is 5.82 Å². The Labute approximate surface area is 111 Å². The molecule has 5 nitrogen and oxygen atoms in total. The van der Waals surface area contributed by atoms with E-state index in [0.29, 0.717) is 5.69 Å². The average Bonchev–Trinajstić information content (AvgIpc) is 2.92. The molecule has 0 atom stereocenters. The second kappa shape index (κ2) is 4.69. The fraction of sp³-hybridized carbons (Fsp3) is 0. The molecule has 0 aliphatic carbocycles. The van der Waals surface area contributed by atoms with Gasteiger partial charge >= 0.3 is 0 Å². The molecule has 0 saturated carbocycles. The van der Waals surface area contributed by atoms with Gasteiger partial charge in [-0.25, -0.2) is 13.8 Å². The fourth-order valence-corrected chi connectivity index (χ4v) is 1.62. The van der Waals surface area contributed by atoms with Gasteiger partial charge in [-0.3, -0.25) is 0 Å². The number of benzene rings is 1. The van der Waals surface area contributed by atoms with Gasteiger partial charge < -0.3 is 9.63 Å². The molecule has 0 unspecified atom stereocenters. The lowest BCUT2D eigenvalue weighted by molar-refractivity contribution is 0.424. The summed E-state index contributed by atoms with van der Waals surface area (Å²) in [4.78, 5) is 7.79. The molecular weight excluding hydrogens is 268 g/mol. The van der Waals surface area contributed by atoms with Crippen LogP contribution >= 0.6 is 0 Å². The standard InChI is InChI=1S/C13H7F2N3O2/c14-7-2-4-11(19)9(5-7)13-17-12(18-20-13)10-3-1-8(15)6-16-10/h1-6,19H. The Balaban J connectivity index is 2.01. The number of halogens is 2. The number of aromatic hydroxyl groups is 1. The largest absolute Gasteiger partial charge is 0.507 e. The molecule has 0 radical (unpaired) electrons. The molecule has 0 saturated heterocycles. The smallest absolute Gasteiger partial charge is 0.262 e. The third-order valence-electron chi connectivity index (χ3n) is 2.57. The van der Waals surface area contributed by atoms with E-state index >= 15 is 0 Å². The van der Waals surface area contributed by atoms with Crippen molar-refractivity contribution in [1.29, 1.82) is 0 Å². The fourth-order valence-electron chi connectivity index (χ4n) is 1.62. The van der Waals surface area contributed by atoms with Crippen molar-refractivity contribution in [3.63, 3.8) is 0 Å². The van der Waals surface area contributed by atoms with Gasteiger partial charge in [0, 0.05) is 0 Å². The van der Waals surface area contributed by atoms with E-state index in [9.17, 15) is 13.9 Å². The molecular formula is C13H7F2N3O2. The molecule has 1 aromatic carbocycles. The van der Waals surface area contributed by atoms with E-state index in [1.165, 1.54) is 18.2 Å². The topological polar surface area (TPSA) is 72.0 Å². The highest BCUT2D eigenvalue weighted by Gasteiger charge is 2.15. The first-order valence-corrected chi connectivity index (χ1v) is 5.58. The van der Waals surface area contributed by atoms with E-state index in [-0.39, 0.29) is 23.0 Å². The van der Waals surface area contributed by atoms with E-state index in [2.05, 4.69) is 15.1 Å². The van der Waals surface area contributed by atoms with Gasteiger partial charge in [-0.05, 0) is 30.3 Å². The quantitative estimate of drug-likeness (QED) is 0.778. The van der Waals surface area contributed by atoms with Crippen LogP contribution in [0, 0.1) is 11.6 Å². The van der Waals surface area contributed by atoms with Gasteiger partial charge in [-0.2, -0.15) is 4.98 Å². The molecule has 7 heteroatoms. The van der Waals surface area contributed by atoms with Crippen LogP contribution in [0.25, 0.3) is 23.0 Å².